The fraction of sp³-hybridized carbons (Fsp3) is 0.0455. The van der Waals surface area contributed by atoms with E-state index in [1.165, 1.54) is 22.5 Å². The van der Waals surface area contributed by atoms with E-state index in [4.69, 9.17) is 33.5 Å². The topological polar surface area (TPSA) is 86.9 Å². The molecule has 0 spiro atoms. The Morgan fingerprint density at radius 3 is 2.74 bits per heavy atom. The summed E-state index contributed by atoms with van der Waals surface area (Å²) in [4.78, 5) is 12.1. The fourth-order valence-corrected chi connectivity index (χ4v) is 4.71. The van der Waals surface area contributed by atoms with Gasteiger partial charge in [-0.25, -0.2) is 9.47 Å². The van der Waals surface area contributed by atoms with Crippen molar-refractivity contribution in [2.24, 2.45) is 0 Å². The molecule has 0 fully saturated rings. The van der Waals surface area contributed by atoms with Gasteiger partial charge in [-0.3, -0.25) is 0 Å². The third-order valence-electron chi connectivity index (χ3n) is 4.91. The number of thioether (sulfide) groups is 1. The SMILES string of the molecule is Nn1c(SCc2cc(=O)oc3ccc4ccccc4c23)nnc1-c1cc(Cl)ccc1Cl. The van der Waals surface area contributed by atoms with E-state index in [1.807, 2.05) is 36.4 Å². The fourth-order valence-electron chi connectivity index (χ4n) is 3.50. The summed E-state index contributed by atoms with van der Waals surface area (Å²) in [5.41, 5.74) is 1.56. The number of nitrogens with two attached hydrogens (primary N) is 1. The maximum atomic E-state index is 12.1. The van der Waals surface area contributed by atoms with Crippen molar-refractivity contribution in [1.29, 1.82) is 0 Å². The average molecular weight is 469 g/mol. The highest BCUT2D eigenvalue weighted by molar-refractivity contribution is 7.98. The quantitative estimate of drug-likeness (QED) is 0.162. The van der Waals surface area contributed by atoms with Gasteiger partial charge in [-0.15, -0.1) is 10.2 Å². The van der Waals surface area contributed by atoms with E-state index in [1.54, 1.807) is 18.2 Å². The predicted octanol–water partition coefficient (Wildman–Crippen LogP) is 5.52. The lowest BCUT2D eigenvalue weighted by atomic mass is 10.0. The van der Waals surface area contributed by atoms with Crippen LogP contribution in [0.5, 0.6) is 0 Å². The first kappa shape index (κ1) is 19.9. The van der Waals surface area contributed by atoms with E-state index in [-0.39, 0.29) is 0 Å². The van der Waals surface area contributed by atoms with Gasteiger partial charge in [0.05, 0.1) is 5.02 Å². The van der Waals surface area contributed by atoms with Gasteiger partial charge in [0.1, 0.15) is 5.58 Å². The van der Waals surface area contributed by atoms with E-state index < -0.39 is 5.63 Å². The summed E-state index contributed by atoms with van der Waals surface area (Å²) in [6.07, 6.45) is 0. The van der Waals surface area contributed by atoms with E-state index in [0.717, 1.165) is 21.7 Å². The monoisotopic (exact) mass is 468 g/mol. The minimum Gasteiger partial charge on any atom is -0.423 e. The first-order valence-corrected chi connectivity index (χ1v) is 11.0. The minimum atomic E-state index is -0.404. The number of aromatic nitrogens is 3. The zero-order chi connectivity index (χ0) is 21.5. The normalized spacial score (nSPS) is 11.4. The number of nitrogen functional groups attached to an aromatic ring is 1. The Hall–Kier alpha value is -3.00. The molecule has 0 saturated carbocycles. The lowest BCUT2D eigenvalue weighted by Gasteiger charge is -2.09. The van der Waals surface area contributed by atoms with Crippen LogP contribution in [0.4, 0.5) is 0 Å². The summed E-state index contributed by atoms with van der Waals surface area (Å²) in [5.74, 6) is 7.09. The van der Waals surface area contributed by atoms with Gasteiger partial charge in [0, 0.05) is 27.8 Å². The summed E-state index contributed by atoms with van der Waals surface area (Å²) >= 11 is 13.7. The van der Waals surface area contributed by atoms with Gasteiger partial charge in [0.2, 0.25) is 5.16 Å². The van der Waals surface area contributed by atoms with Crippen molar-refractivity contribution in [3.63, 3.8) is 0 Å². The molecule has 2 aromatic heterocycles. The molecule has 0 aliphatic heterocycles. The number of hydrogen-bond acceptors (Lipinski definition) is 6. The molecule has 3 aromatic carbocycles. The number of halogens is 2. The summed E-state index contributed by atoms with van der Waals surface area (Å²) in [6, 6.07) is 18.3. The molecule has 0 atom stereocenters. The highest BCUT2D eigenvalue weighted by Crippen LogP contribution is 2.33. The van der Waals surface area contributed by atoms with Crippen LogP contribution >= 0.6 is 35.0 Å². The van der Waals surface area contributed by atoms with Gasteiger partial charge >= 0.3 is 5.63 Å². The lowest BCUT2D eigenvalue weighted by molar-refractivity contribution is 0.560. The molecule has 154 valence electrons. The van der Waals surface area contributed by atoms with Crippen LogP contribution in [-0.4, -0.2) is 14.9 Å². The summed E-state index contributed by atoms with van der Waals surface area (Å²) in [5, 5.41) is 12.8. The second-order valence-electron chi connectivity index (χ2n) is 6.84. The van der Waals surface area contributed by atoms with Crippen LogP contribution in [0, 0.1) is 0 Å². The predicted molar refractivity (Wildman–Crippen MR) is 125 cm³/mol. The maximum absolute atomic E-state index is 12.1. The Morgan fingerprint density at radius 2 is 1.87 bits per heavy atom. The molecule has 0 amide bonds. The van der Waals surface area contributed by atoms with Crippen LogP contribution in [0.15, 0.2) is 75.0 Å². The molecule has 31 heavy (non-hydrogen) atoms. The Kier molecular flexibility index (Phi) is 5.09. The standard InChI is InChI=1S/C22H14Cl2N4O2S/c23-14-6-7-17(24)16(10-14)21-26-27-22(28(21)25)31-11-13-9-19(29)30-18-8-5-12-3-1-2-4-15(12)20(13)18/h1-10H,11,25H2. The molecule has 6 nitrogen and oxygen atoms in total. The van der Waals surface area contributed by atoms with Crippen molar-refractivity contribution in [3.8, 4) is 11.4 Å². The summed E-state index contributed by atoms with van der Waals surface area (Å²) in [6.45, 7) is 0. The number of benzene rings is 3. The molecule has 0 radical (unpaired) electrons. The van der Waals surface area contributed by atoms with Crippen molar-refractivity contribution < 1.29 is 4.42 Å². The van der Waals surface area contributed by atoms with Crippen molar-refractivity contribution in [1.82, 2.24) is 14.9 Å². The summed E-state index contributed by atoms with van der Waals surface area (Å²) in [7, 11) is 0. The summed E-state index contributed by atoms with van der Waals surface area (Å²) < 4.78 is 6.79. The third kappa shape index (κ3) is 3.65. The van der Waals surface area contributed by atoms with Crippen molar-refractivity contribution in [2.45, 2.75) is 10.9 Å². The van der Waals surface area contributed by atoms with Gasteiger partial charge in [-0.05, 0) is 40.6 Å². The van der Waals surface area contributed by atoms with E-state index >= 15 is 0 Å². The van der Waals surface area contributed by atoms with Crippen molar-refractivity contribution >= 4 is 56.7 Å². The smallest absolute Gasteiger partial charge is 0.336 e. The maximum Gasteiger partial charge on any atom is 0.336 e. The van der Waals surface area contributed by atoms with Crippen LogP contribution in [0.2, 0.25) is 10.0 Å². The Labute approximate surface area is 190 Å². The van der Waals surface area contributed by atoms with Gasteiger partial charge in [0.25, 0.3) is 0 Å². The first-order chi connectivity index (χ1) is 15.0. The van der Waals surface area contributed by atoms with E-state index in [0.29, 0.717) is 37.9 Å². The zero-order valence-electron chi connectivity index (χ0n) is 15.9. The lowest BCUT2D eigenvalue weighted by Crippen LogP contribution is -2.12. The van der Waals surface area contributed by atoms with Gasteiger partial charge < -0.3 is 10.3 Å². The van der Waals surface area contributed by atoms with Crippen molar-refractivity contribution in [2.75, 3.05) is 5.84 Å². The Balaban J connectivity index is 1.54. The van der Waals surface area contributed by atoms with Gasteiger partial charge in [0.15, 0.2) is 5.82 Å². The molecule has 0 bridgehead atoms. The van der Waals surface area contributed by atoms with Crippen LogP contribution in [-0.2, 0) is 5.75 Å². The second kappa shape index (κ2) is 7.92. The van der Waals surface area contributed by atoms with E-state index in [2.05, 4.69) is 10.2 Å². The molecule has 5 rings (SSSR count). The number of fused-ring (bicyclic) bond motifs is 3. The molecule has 9 heteroatoms. The molecule has 0 aliphatic rings. The van der Waals surface area contributed by atoms with Crippen LogP contribution in [0.3, 0.4) is 0 Å². The molecule has 2 N–H and O–H groups in total. The van der Waals surface area contributed by atoms with Gasteiger partial charge in [-0.1, -0.05) is 65.3 Å². The van der Waals surface area contributed by atoms with E-state index in [9.17, 15) is 4.79 Å². The minimum absolute atomic E-state index is 0.401. The molecule has 2 heterocycles. The highest BCUT2D eigenvalue weighted by Gasteiger charge is 2.17. The average Bonchev–Trinajstić information content (AvgIpc) is 3.13. The molecular formula is C22H14Cl2N4O2S. The zero-order valence-corrected chi connectivity index (χ0v) is 18.2. The first-order valence-electron chi connectivity index (χ1n) is 9.24. The highest BCUT2D eigenvalue weighted by atomic mass is 35.5. The largest absolute Gasteiger partial charge is 0.423 e. The van der Waals surface area contributed by atoms with Crippen LogP contribution in [0.25, 0.3) is 33.1 Å². The molecular weight excluding hydrogens is 455 g/mol. The number of rotatable bonds is 4. The molecule has 0 saturated heterocycles. The number of hydrogen-bond donors (Lipinski definition) is 1. The van der Waals surface area contributed by atoms with Gasteiger partial charge in [-0.2, -0.15) is 0 Å². The second-order valence-corrected chi connectivity index (χ2v) is 8.63. The van der Waals surface area contributed by atoms with Crippen LogP contribution in [0.1, 0.15) is 5.56 Å². The molecule has 0 aliphatic carbocycles. The third-order valence-corrected chi connectivity index (χ3v) is 6.46. The Bertz CT molecular complexity index is 1510. The molecule has 0 unspecified atom stereocenters. The van der Waals surface area contributed by atoms with Crippen LogP contribution < -0.4 is 11.5 Å². The van der Waals surface area contributed by atoms with Crippen molar-refractivity contribution in [3.05, 3.63) is 86.7 Å². The molecule has 5 aromatic rings. The number of nitrogens with zero attached hydrogens (tertiary/aromatic N) is 3. The Morgan fingerprint density at radius 1 is 1.03 bits per heavy atom.